The van der Waals surface area contributed by atoms with E-state index in [1.807, 2.05) is 67.9 Å². The third-order valence-corrected chi connectivity index (χ3v) is 5.34. The summed E-state index contributed by atoms with van der Waals surface area (Å²) < 4.78 is 7.10. The van der Waals surface area contributed by atoms with Gasteiger partial charge in [-0.2, -0.15) is 0 Å². The molecule has 3 aromatic rings. The highest BCUT2D eigenvalue weighted by Gasteiger charge is 2.20. The highest BCUT2D eigenvalue weighted by atomic mass is 32.2. The van der Waals surface area contributed by atoms with Crippen LogP contribution >= 0.6 is 11.8 Å². The van der Waals surface area contributed by atoms with E-state index in [2.05, 4.69) is 15.5 Å². The summed E-state index contributed by atoms with van der Waals surface area (Å²) >= 11 is 1.37. The summed E-state index contributed by atoms with van der Waals surface area (Å²) in [6, 6.07) is 15.3. The number of carbonyl (C=O) groups excluding carboxylic acids is 1. The molecular weight excluding hydrogens is 360 g/mol. The van der Waals surface area contributed by atoms with E-state index in [0.717, 1.165) is 17.0 Å². The Balaban J connectivity index is 1.71. The van der Waals surface area contributed by atoms with Crippen LogP contribution in [0.2, 0.25) is 0 Å². The molecular formula is C20H22N4O2S. The number of thioether (sulfide) groups is 1. The molecule has 0 radical (unpaired) electrons. The topological polar surface area (TPSA) is 69.0 Å². The van der Waals surface area contributed by atoms with Crippen LogP contribution in [-0.4, -0.2) is 33.0 Å². The Bertz CT molecular complexity index is 955. The van der Waals surface area contributed by atoms with Crippen LogP contribution in [0, 0.1) is 6.92 Å². The second-order valence-corrected chi connectivity index (χ2v) is 7.47. The molecule has 0 bridgehead atoms. The van der Waals surface area contributed by atoms with Crippen LogP contribution in [0.3, 0.4) is 0 Å². The molecule has 140 valence electrons. The van der Waals surface area contributed by atoms with E-state index in [1.54, 1.807) is 13.2 Å². The van der Waals surface area contributed by atoms with Gasteiger partial charge in [-0.1, -0.05) is 42.1 Å². The zero-order valence-electron chi connectivity index (χ0n) is 15.8. The van der Waals surface area contributed by atoms with Crippen LogP contribution in [-0.2, 0) is 11.8 Å². The van der Waals surface area contributed by atoms with Gasteiger partial charge in [-0.05, 0) is 31.5 Å². The van der Waals surface area contributed by atoms with Crippen LogP contribution in [0.5, 0.6) is 5.75 Å². The third kappa shape index (κ3) is 4.31. The number of aryl methyl sites for hydroxylation is 1. The second-order valence-electron chi connectivity index (χ2n) is 6.16. The molecule has 1 atom stereocenters. The zero-order valence-corrected chi connectivity index (χ0v) is 16.6. The maximum atomic E-state index is 12.5. The minimum Gasteiger partial charge on any atom is -0.497 e. The van der Waals surface area contributed by atoms with Crippen LogP contribution in [0.15, 0.2) is 53.7 Å². The monoisotopic (exact) mass is 382 g/mol. The highest BCUT2D eigenvalue weighted by molar-refractivity contribution is 8.00. The molecule has 6 nitrogen and oxygen atoms in total. The molecule has 1 amide bonds. The van der Waals surface area contributed by atoms with Gasteiger partial charge >= 0.3 is 0 Å². The molecule has 3 rings (SSSR count). The van der Waals surface area contributed by atoms with Crippen LogP contribution in [0.4, 0.5) is 5.69 Å². The highest BCUT2D eigenvalue weighted by Crippen LogP contribution is 2.28. The summed E-state index contributed by atoms with van der Waals surface area (Å²) in [5.41, 5.74) is 2.87. The molecule has 0 spiro atoms. The molecule has 7 heteroatoms. The molecule has 0 aliphatic carbocycles. The molecule has 0 saturated heterocycles. The predicted octanol–water partition coefficient (Wildman–Crippen LogP) is 3.92. The largest absolute Gasteiger partial charge is 0.497 e. The van der Waals surface area contributed by atoms with Crippen LogP contribution < -0.4 is 10.1 Å². The second kappa shape index (κ2) is 8.26. The van der Waals surface area contributed by atoms with Gasteiger partial charge in [0.15, 0.2) is 11.0 Å². The first kappa shape index (κ1) is 19.0. The summed E-state index contributed by atoms with van der Waals surface area (Å²) in [5, 5.41) is 11.8. The number of hydrogen-bond acceptors (Lipinski definition) is 5. The van der Waals surface area contributed by atoms with Crippen molar-refractivity contribution in [2.24, 2.45) is 7.05 Å². The molecule has 0 saturated carbocycles. The average molecular weight is 382 g/mol. The molecule has 0 unspecified atom stereocenters. The van der Waals surface area contributed by atoms with Gasteiger partial charge in [0.05, 0.1) is 12.4 Å². The van der Waals surface area contributed by atoms with Crippen molar-refractivity contribution in [1.29, 1.82) is 0 Å². The normalized spacial score (nSPS) is 11.9. The van der Waals surface area contributed by atoms with Gasteiger partial charge < -0.3 is 14.6 Å². The van der Waals surface area contributed by atoms with Crippen molar-refractivity contribution >= 4 is 23.4 Å². The lowest BCUT2D eigenvalue weighted by Crippen LogP contribution is -2.22. The molecule has 1 N–H and O–H groups in total. The number of amides is 1. The van der Waals surface area contributed by atoms with Crippen molar-refractivity contribution in [3.63, 3.8) is 0 Å². The van der Waals surface area contributed by atoms with Gasteiger partial charge in [0.1, 0.15) is 5.75 Å². The first-order valence-corrected chi connectivity index (χ1v) is 9.44. The van der Waals surface area contributed by atoms with Crippen molar-refractivity contribution in [3.05, 3.63) is 54.1 Å². The number of methoxy groups -OCH3 is 1. The number of aromatic nitrogens is 3. The number of nitrogens with one attached hydrogen (secondary N) is 1. The van der Waals surface area contributed by atoms with Gasteiger partial charge in [0.2, 0.25) is 5.91 Å². The lowest BCUT2D eigenvalue weighted by Gasteiger charge is -2.12. The Morgan fingerprint density at radius 2 is 1.96 bits per heavy atom. The molecule has 2 aromatic carbocycles. The summed E-state index contributed by atoms with van der Waals surface area (Å²) in [6.45, 7) is 3.89. The third-order valence-electron chi connectivity index (χ3n) is 4.21. The number of hydrogen-bond donors (Lipinski definition) is 1. The summed E-state index contributed by atoms with van der Waals surface area (Å²) in [4.78, 5) is 12.5. The van der Waals surface area contributed by atoms with E-state index in [4.69, 9.17) is 4.74 Å². The number of carbonyl (C=O) groups is 1. The maximum absolute atomic E-state index is 12.5. The van der Waals surface area contributed by atoms with E-state index in [9.17, 15) is 4.79 Å². The van der Waals surface area contributed by atoms with Crippen molar-refractivity contribution in [1.82, 2.24) is 14.8 Å². The fourth-order valence-electron chi connectivity index (χ4n) is 2.63. The van der Waals surface area contributed by atoms with E-state index in [-0.39, 0.29) is 11.2 Å². The van der Waals surface area contributed by atoms with Crippen molar-refractivity contribution < 1.29 is 9.53 Å². The average Bonchev–Trinajstić information content (AvgIpc) is 3.02. The zero-order chi connectivity index (χ0) is 19.4. The molecule has 0 aliphatic rings. The first-order valence-electron chi connectivity index (χ1n) is 8.56. The van der Waals surface area contributed by atoms with E-state index < -0.39 is 0 Å². The summed E-state index contributed by atoms with van der Waals surface area (Å²) in [5.74, 6) is 1.38. The van der Waals surface area contributed by atoms with E-state index in [0.29, 0.717) is 16.6 Å². The summed E-state index contributed by atoms with van der Waals surface area (Å²) in [6.07, 6.45) is 0. The fourth-order valence-corrected chi connectivity index (χ4v) is 3.45. The van der Waals surface area contributed by atoms with Crippen molar-refractivity contribution in [2.45, 2.75) is 24.3 Å². The molecule has 1 aromatic heterocycles. The van der Waals surface area contributed by atoms with Gasteiger partial charge in [-0.3, -0.25) is 4.79 Å². The van der Waals surface area contributed by atoms with Crippen LogP contribution in [0.25, 0.3) is 11.4 Å². The fraction of sp³-hybridized carbons (Fsp3) is 0.250. The predicted molar refractivity (Wildman–Crippen MR) is 108 cm³/mol. The Morgan fingerprint density at radius 3 is 2.70 bits per heavy atom. The summed E-state index contributed by atoms with van der Waals surface area (Å²) in [7, 11) is 3.51. The minimum atomic E-state index is -0.330. The van der Waals surface area contributed by atoms with Crippen molar-refractivity contribution in [3.8, 4) is 17.1 Å². The van der Waals surface area contributed by atoms with Gasteiger partial charge in [0.25, 0.3) is 0 Å². The van der Waals surface area contributed by atoms with Crippen LogP contribution in [0.1, 0.15) is 12.5 Å². The lowest BCUT2D eigenvalue weighted by atomic mass is 10.1. The lowest BCUT2D eigenvalue weighted by molar-refractivity contribution is -0.115. The first-order chi connectivity index (χ1) is 13.0. The number of rotatable bonds is 6. The quantitative estimate of drug-likeness (QED) is 0.655. The van der Waals surface area contributed by atoms with Crippen molar-refractivity contribution in [2.75, 3.05) is 12.4 Å². The van der Waals surface area contributed by atoms with Gasteiger partial charge in [0, 0.05) is 24.4 Å². The number of anilines is 1. The number of benzene rings is 2. The van der Waals surface area contributed by atoms with Gasteiger partial charge in [-0.15, -0.1) is 10.2 Å². The molecule has 0 aliphatic heterocycles. The standard InChI is InChI=1S/C20H22N4O2S/c1-13-8-5-6-11-17(13)18-22-23-20(24(18)3)27-14(2)19(25)21-15-9-7-10-16(12-15)26-4/h5-12,14H,1-4H3,(H,21,25)/t14-/m1/s1. The minimum absolute atomic E-state index is 0.103. The maximum Gasteiger partial charge on any atom is 0.237 e. The molecule has 1 heterocycles. The SMILES string of the molecule is COc1cccc(NC(=O)[C@@H](C)Sc2nnc(-c3ccccc3C)n2C)c1. The Hall–Kier alpha value is -2.80. The number of nitrogens with zero attached hydrogens (tertiary/aromatic N) is 3. The van der Waals surface area contributed by atoms with E-state index >= 15 is 0 Å². The number of ether oxygens (including phenoxy) is 1. The van der Waals surface area contributed by atoms with Gasteiger partial charge in [-0.25, -0.2) is 0 Å². The molecule has 27 heavy (non-hydrogen) atoms. The van der Waals surface area contributed by atoms with E-state index in [1.165, 1.54) is 11.8 Å². The molecule has 0 fully saturated rings. The Kier molecular flexibility index (Phi) is 5.81. The Morgan fingerprint density at radius 1 is 1.19 bits per heavy atom. The smallest absolute Gasteiger partial charge is 0.237 e. The Labute approximate surface area is 163 Å².